The van der Waals surface area contributed by atoms with Crippen LogP contribution in [0.4, 0.5) is 0 Å². The number of nitrogens with zero attached hydrogens (tertiary/aromatic N) is 2. The molecule has 0 radical (unpaired) electrons. The molecule has 0 bridgehead atoms. The standard InChI is InChI=1S/C9H7N3OS2/c13-8-5-3-14-4-6(5)11-7(12-8)9-10-1-2-15-9/h1-2H,3-4H2,(H,11,12,13). The molecular weight excluding hydrogens is 230 g/mol. The van der Waals surface area contributed by atoms with Gasteiger partial charge < -0.3 is 4.98 Å². The molecule has 76 valence electrons. The van der Waals surface area contributed by atoms with Crippen LogP contribution in [0.25, 0.3) is 10.8 Å². The van der Waals surface area contributed by atoms with Gasteiger partial charge in [0.1, 0.15) is 0 Å². The smallest absolute Gasteiger partial charge is 0.255 e. The van der Waals surface area contributed by atoms with Crippen molar-refractivity contribution in [1.29, 1.82) is 0 Å². The fraction of sp³-hybridized carbons (Fsp3) is 0.222. The fourth-order valence-corrected chi connectivity index (χ4v) is 3.12. The average Bonchev–Trinajstić information content (AvgIpc) is 2.88. The zero-order valence-corrected chi connectivity index (χ0v) is 9.32. The molecular formula is C9H7N3OS2. The van der Waals surface area contributed by atoms with Crippen LogP contribution in [0.15, 0.2) is 16.4 Å². The Kier molecular flexibility index (Phi) is 2.10. The number of hydrogen-bond donors (Lipinski definition) is 1. The average molecular weight is 237 g/mol. The van der Waals surface area contributed by atoms with Crippen LogP contribution < -0.4 is 5.56 Å². The van der Waals surface area contributed by atoms with Gasteiger partial charge in [-0.3, -0.25) is 4.79 Å². The molecule has 2 aromatic rings. The number of aromatic nitrogens is 3. The summed E-state index contributed by atoms with van der Waals surface area (Å²) >= 11 is 3.20. The first-order chi connectivity index (χ1) is 7.34. The van der Waals surface area contributed by atoms with Crippen LogP contribution in [-0.2, 0) is 11.5 Å². The second-order valence-corrected chi connectivity index (χ2v) is 5.05. The third-order valence-electron chi connectivity index (χ3n) is 2.22. The molecule has 0 aliphatic carbocycles. The summed E-state index contributed by atoms with van der Waals surface area (Å²) in [6.07, 6.45) is 1.71. The molecule has 0 saturated carbocycles. The molecule has 0 saturated heterocycles. The Morgan fingerprint density at radius 2 is 2.33 bits per heavy atom. The van der Waals surface area contributed by atoms with Gasteiger partial charge in [0.25, 0.3) is 5.56 Å². The summed E-state index contributed by atoms with van der Waals surface area (Å²) in [5, 5.41) is 2.64. The summed E-state index contributed by atoms with van der Waals surface area (Å²) in [5.74, 6) is 2.20. The Balaban J connectivity index is 2.20. The van der Waals surface area contributed by atoms with Gasteiger partial charge in [-0.1, -0.05) is 0 Å². The van der Waals surface area contributed by atoms with Gasteiger partial charge in [-0.05, 0) is 0 Å². The Morgan fingerprint density at radius 3 is 3.13 bits per heavy atom. The van der Waals surface area contributed by atoms with E-state index in [2.05, 4.69) is 15.0 Å². The van der Waals surface area contributed by atoms with E-state index in [0.29, 0.717) is 5.82 Å². The van der Waals surface area contributed by atoms with Gasteiger partial charge in [-0.25, -0.2) is 9.97 Å². The van der Waals surface area contributed by atoms with Gasteiger partial charge in [0.15, 0.2) is 10.8 Å². The molecule has 1 N–H and O–H groups in total. The molecule has 4 nitrogen and oxygen atoms in total. The highest BCUT2D eigenvalue weighted by Crippen LogP contribution is 2.27. The Bertz CT molecular complexity index is 547. The van der Waals surface area contributed by atoms with Crippen molar-refractivity contribution in [1.82, 2.24) is 15.0 Å². The third-order valence-corrected chi connectivity index (χ3v) is 3.97. The Labute approximate surface area is 93.8 Å². The molecule has 0 atom stereocenters. The van der Waals surface area contributed by atoms with Gasteiger partial charge in [0.05, 0.1) is 5.69 Å². The van der Waals surface area contributed by atoms with E-state index < -0.39 is 0 Å². The summed E-state index contributed by atoms with van der Waals surface area (Å²) in [6.45, 7) is 0. The third kappa shape index (κ3) is 1.49. The van der Waals surface area contributed by atoms with Crippen LogP contribution in [0.1, 0.15) is 11.3 Å². The van der Waals surface area contributed by atoms with Gasteiger partial charge >= 0.3 is 0 Å². The highest BCUT2D eigenvalue weighted by molar-refractivity contribution is 7.98. The van der Waals surface area contributed by atoms with E-state index >= 15 is 0 Å². The normalized spacial score (nSPS) is 14.1. The van der Waals surface area contributed by atoms with Crippen molar-refractivity contribution >= 4 is 23.1 Å². The summed E-state index contributed by atoms with van der Waals surface area (Å²) < 4.78 is 0. The lowest BCUT2D eigenvalue weighted by Crippen LogP contribution is -2.15. The minimum absolute atomic E-state index is 0.0183. The lowest BCUT2D eigenvalue weighted by molar-refractivity contribution is 1.03. The van der Waals surface area contributed by atoms with Crippen LogP contribution in [0, 0.1) is 0 Å². The monoisotopic (exact) mass is 237 g/mol. The number of rotatable bonds is 1. The summed E-state index contributed by atoms with van der Waals surface area (Å²) in [6, 6.07) is 0. The molecule has 0 aromatic carbocycles. The molecule has 15 heavy (non-hydrogen) atoms. The van der Waals surface area contributed by atoms with Crippen LogP contribution in [0.3, 0.4) is 0 Å². The van der Waals surface area contributed by atoms with Gasteiger partial charge in [0, 0.05) is 28.6 Å². The van der Waals surface area contributed by atoms with E-state index in [1.54, 1.807) is 18.0 Å². The topological polar surface area (TPSA) is 58.6 Å². The van der Waals surface area contributed by atoms with Crippen LogP contribution in [0.2, 0.25) is 0 Å². The molecule has 0 unspecified atom stereocenters. The molecule has 2 aromatic heterocycles. The first-order valence-electron chi connectivity index (χ1n) is 4.44. The maximum Gasteiger partial charge on any atom is 0.255 e. The van der Waals surface area contributed by atoms with Crippen LogP contribution >= 0.6 is 23.1 Å². The van der Waals surface area contributed by atoms with E-state index in [1.165, 1.54) is 11.3 Å². The summed E-state index contributed by atoms with van der Waals surface area (Å²) in [7, 11) is 0. The molecule has 1 aliphatic heterocycles. The molecule has 0 fully saturated rings. The molecule has 6 heteroatoms. The number of hydrogen-bond acceptors (Lipinski definition) is 5. The van der Waals surface area contributed by atoms with Crippen molar-refractivity contribution in [2.45, 2.75) is 11.5 Å². The first-order valence-corrected chi connectivity index (χ1v) is 6.48. The largest absolute Gasteiger partial charge is 0.304 e. The van der Waals surface area contributed by atoms with Crippen molar-refractivity contribution in [2.75, 3.05) is 0 Å². The van der Waals surface area contributed by atoms with Crippen molar-refractivity contribution in [2.24, 2.45) is 0 Å². The molecule has 3 rings (SSSR count). The van der Waals surface area contributed by atoms with E-state index in [9.17, 15) is 4.79 Å². The number of nitrogens with one attached hydrogen (secondary N) is 1. The van der Waals surface area contributed by atoms with Crippen molar-refractivity contribution in [3.63, 3.8) is 0 Å². The Morgan fingerprint density at radius 1 is 1.40 bits per heavy atom. The maximum absolute atomic E-state index is 11.7. The van der Waals surface area contributed by atoms with Gasteiger partial charge in [-0.15, -0.1) is 11.3 Å². The quantitative estimate of drug-likeness (QED) is 0.819. The maximum atomic E-state index is 11.7. The second-order valence-electron chi connectivity index (χ2n) is 3.17. The van der Waals surface area contributed by atoms with Crippen molar-refractivity contribution < 1.29 is 0 Å². The van der Waals surface area contributed by atoms with Crippen molar-refractivity contribution in [3.8, 4) is 10.8 Å². The summed E-state index contributed by atoms with van der Waals surface area (Å²) in [4.78, 5) is 23.0. The number of thioether (sulfide) groups is 1. The zero-order valence-electron chi connectivity index (χ0n) is 7.69. The minimum atomic E-state index is -0.0183. The molecule has 1 aliphatic rings. The number of thiazole rings is 1. The van der Waals surface area contributed by atoms with E-state index in [1.807, 2.05) is 5.38 Å². The van der Waals surface area contributed by atoms with Gasteiger partial charge in [-0.2, -0.15) is 11.8 Å². The van der Waals surface area contributed by atoms with E-state index in [4.69, 9.17) is 0 Å². The first kappa shape index (κ1) is 9.11. The van der Waals surface area contributed by atoms with Crippen LogP contribution in [-0.4, -0.2) is 15.0 Å². The fourth-order valence-electron chi connectivity index (χ4n) is 1.50. The molecule has 0 amide bonds. The SMILES string of the molecule is O=c1[nH]c(-c2nccs2)nc2c1CSC2. The van der Waals surface area contributed by atoms with E-state index in [0.717, 1.165) is 27.8 Å². The minimum Gasteiger partial charge on any atom is -0.304 e. The second kappa shape index (κ2) is 3.46. The van der Waals surface area contributed by atoms with Crippen molar-refractivity contribution in [3.05, 3.63) is 33.2 Å². The molecule has 0 spiro atoms. The predicted molar refractivity (Wildman–Crippen MR) is 61.0 cm³/mol. The predicted octanol–water partition coefficient (Wildman–Crippen LogP) is 1.64. The lowest BCUT2D eigenvalue weighted by atomic mass is 10.3. The summed E-state index contributed by atoms with van der Waals surface area (Å²) in [5.41, 5.74) is 1.71. The number of H-pyrrole nitrogens is 1. The van der Waals surface area contributed by atoms with Crippen LogP contribution in [0.5, 0.6) is 0 Å². The highest BCUT2D eigenvalue weighted by atomic mass is 32.2. The number of fused-ring (bicyclic) bond motifs is 1. The van der Waals surface area contributed by atoms with E-state index in [-0.39, 0.29) is 5.56 Å². The lowest BCUT2D eigenvalue weighted by Gasteiger charge is -1.99. The Hall–Kier alpha value is -1.14. The highest BCUT2D eigenvalue weighted by Gasteiger charge is 2.18. The molecule has 3 heterocycles. The zero-order chi connectivity index (χ0) is 10.3. The van der Waals surface area contributed by atoms with Gasteiger partial charge in [0.2, 0.25) is 0 Å². The number of aromatic amines is 1.